The Morgan fingerprint density at radius 1 is 1.53 bits per heavy atom. The van der Waals surface area contributed by atoms with Gasteiger partial charge in [0.25, 0.3) is 0 Å². The maximum absolute atomic E-state index is 9.57. The zero-order valence-corrected chi connectivity index (χ0v) is 11.5. The van der Waals surface area contributed by atoms with Crippen molar-refractivity contribution < 1.29 is 9.47 Å². The van der Waals surface area contributed by atoms with Gasteiger partial charge < -0.3 is 14.8 Å². The molecule has 19 heavy (non-hydrogen) atoms. The molecule has 1 aliphatic heterocycles. The van der Waals surface area contributed by atoms with Crippen LogP contribution >= 0.6 is 0 Å². The van der Waals surface area contributed by atoms with Crippen molar-refractivity contribution in [3.05, 3.63) is 24.3 Å². The fourth-order valence-electron chi connectivity index (χ4n) is 2.46. The zero-order valence-electron chi connectivity index (χ0n) is 11.5. The van der Waals surface area contributed by atoms with Crippen LogP contribution in [-0.4, -0.2) is 25.4 Å². The number of ether oxygens (including phenoxy) is 2. The second-order valence-corrected chi connectivity index (χ2v) is 4.87. The number of methoxy groups -OCH3 is 1. The summed E-state index contributed by atoms with van der Waals surface area (Å²) in [5.41, 5.74) is 0.302. The normalized spacial score (nSPS) is 26.5. The molecule has 1 aromatic rings. The van der Waals surface area contributed by atoms with E-state index in [9.17, 15) is 5.26 Å². The molecule has 1 heterocycles. The monoisotopic (exact) mass is 260 g/mol. The number of nitrogens with one attached hydrogen (secondary N) is 1. The molecular weight excluding hydrogens is 240 g/mol. The van der Waals surface area contributed by atoms with Crippen molar-refractivity contribution in [1.82, 2.24) is 0 Å². The van der Waals surface area contributed by atoms with Crippen LogP contribution in [0.15, 0.2) is 24.3 Å². The summed E-state index contributed by atoms with van der Waals surface area (Å²) < 4.78 is 11.0. The van der Waals surface area contributed by atoms with Gasteiger partial charge in [-0.25, -0.2) is 0 Å². The van der Waals surface area contributed by atoms with Gasteiger partial charge in [-0.1, -0.05) is 19.1 Å². The van der Waals surface area contributed by atoms with Crippen molar-refractivity contribution in [2.24, 2.45) is 0 Å². The van der Waals surface area contributed by atoms with Crippen LogP contribution in [0.1, 0.15) is 26.2 Å². The highest BCUT2D eigenvalue weighted by molar-refractivity contribution is 5.59. The molecule has 0 bridgehead atoms. The van der Waals surface area contributed by atoms with Crippen LogP contribution in [0.2, 0.25) is 0 Å². The molecule has 4 heteroatoms. The molecule has 2 atom stereocenters. The number of hydrogen-bond donors (Lipinski definition) is 1. The molecule has 0 saturated carbocycles. The van der Waals surface area contributed by atoms with Gasteiger partial charge in [-0.3, -0.25) is 0 Å². The van der Waals surface area contributed by atoms with Crippen LogP contribution in [0.4, 0.5) is 5.69 Å². The summed E-state index contributed by atoms with van der Waals surface area (Å²) in [6, 6.07) is 10.1. The maximum atomic E-state index is 9.57. The summed E-state index contributed by atoms with van der Waals surface area (Å²) in [4.78, 5) is 0. The zero-order chi connectivity index (χ0) is 13.7. The minimum absolute atomic E-state index is 0.149. The minimum atomic E-state index is -0.562. The maximum Gasteiger partial charge on any atom is 0.141 e. The molecule has 2 rings (SSSR count). The Hall–Kier alpha value is -1.73. The molecule has 1 N–H and O–H groups in total. The lowest BCUT2D eigenvalue weighted by Gasteiger charge is -2.37. The fraction of sp³-hybridized carbons (Fsp3) is 0.533. The summed E-state index contributed by atoms with van der Waals surface area (Å²) >= 11 is 0. The van der Waals surface area contributed by atoms with Gasteiger partial charge in [0.15, 0.2) is 0 Å². The Kier molecular flexibility index (Phi) is 4.28. The van der Waals surface area contributed by atoms with Crippen molar-refractivity contribution in [1.29, 1.82) is 5.26 Å². The first kappa shape index (κ1) is 13.7. The molecule has 0 amide bonds. The van der Waals surface area contributed by atoms with Crippen LogP contribution in [0.25, 0.3) is 0 Å². The average molecular weight is 260 g/mol. The van der Waals surface area contributed by atoms with Gasteiger partial charge in [0.2, 0.25) is 0 Å². The third kappa shape index (κ3) is 2.99. The van der Waals surface area contributed by atoms with Crippen LogP contribution < -0.4 is 10.1 Å². The van der Waals surface area contributed by atoms with Gasteiger partial charge in [-0.05, 0) is 18.6 Å². The molecule has 102 valence electrons. The van der Waals surface area contributed by atoms with E-state index in [4.69, 9.17) is 9.47 Å². The van der Waals surface area contributed by atoms with Crippen LogP contribution in [0.5, 0.6) is 5.75 Å². The molecule has 1 fully saturated rings. The lowest BCUT2D eigenvalue weighted by molar-refractivity contribution is -0.00308. The van der Waals surface area contributed by atoms with Gasteiger partial charge in [-0.15, -0.1) is 0 Å². The van der Waals surface area contributed by atoms with Gasteiger partial charge in [0.05, 0.1) is 31.6 Å². The summed E-state index contributed by atoms with van der Waals surface area (Å²) in [5, 5.41) is 12.9. The Bertz CT molecular complexity index is 469. The highest BCUT2D eigenvalue weighted by Crippen LogP contribution is 2.33. The predicted molar refractivity (Wildman–Crippen MR) is 74.2 cm³/mol. The van der Waals surface area contributed by atoms with Crippen LogP contribution in [0, 0.1) is 11.3 Å². The Morgan fingerprint density at radius 3 is 3.00 bits per heavy atom. The first-order valence-corrected chi connectivity index (χ1v) is 6.67. The van der Waals surface area contributed by atoms with Gasteiger partial charge in [-0.2, -0.15) is 5.26 Å². The van der Waals surface area contributed by atoms with Crippen molar-refractivity contribution >= 4 is 5.69 Å². The van der Waals surface area contributed by atoms with Gasteiger partial charge in [0, 0.05) is 12.8 Å². The summed E-state index contributed by atoms with van der Waals surface area (Å²) in [5.74, 6) is 0.761. The standard InChI is InChI=1S/C15H20N2O2/c1-3-12-10-15(11-16,8-9-19-12)17-13-6-4-5-7-14(13)18-2/h4-7,12,17H,3,8-10H2,1-2H3. The molecule has 0 aliphatic carbocycles. The summed E-state index contributed by atoms with van der Waals surface area (Å²) in [6.07, 6.45) is 2.48. The molecule has 1 aliphatic rings. The first-order chi connectivity index (χ1) is 9.23. The van der Waals surface area contributed by atoms with Crippen LogP contribution in [0.3, 0.4) is 0 Å². The van der Waals surface area contributed by atoms with E-state index in [0.717, 1.165) is 17.9 Å². The fourth-order valence-corrected chi connectivity index (χ4v) is 2.46. The Labute approximate surface area is 114 Å². The average Bonchev–Trinajstić information content (AvgIpc) is 2.48. The second-order valence-electron chi connectivity index (χ2n) is 4.87. The van der Waals surface area contributed by atoms with Gasteiger partial charge >= 0.3 is 0 Å². The molecule has 2 unspecified atom stereocenters. The molecule has 1 aromatic carbocycles. The van der Waals surface area contributed by atoms with E-state index in [-0.39, 0.29) is 6.10 Å². The lowest BCUT2D eigenvalue weighted by atomic mass is 9.87. The molecule has 0 radical (unpaired) electrons. The smallest absolute Gasteiger partial charge is 0.141 e. The molecular formula is C15H20N2O2. The number of anilines is 1. The molecule has 0 spiro atoms. The van der Waals surface area contributed by atoms with E-state index in [2.05, 4.69) is 18.3 Å². The second kappa shape index (κ2) is 5.94. The third-order valence-electron chi connectivity index (χ3n) is 3.61. The largest absolute Gasteiger partial charge is 0.495 e. The highest BCUT2D eigenvalue weighted by atomic mass is 16.5. The summed E-state index contributed by atoms with van der Waals surface area (Å²) in [7, 11) is 1.64. The van der Waals surface area contributed by atoms with E-state index in [1.807, 2.05) is 24.3 Å². The van der Waals surface area contributed by atoms with Gasteiger partial charge in [0.1, 0.15) is 11.3 Å². The van der Waals surface area contributed by atoms with Crippen molar-refractivity contribution in [2.45, 2.75) is 37.8 Å². The quantitative estimate of drug-likeness (QED) is 0.904. The van der Waals surface area contributed by atoms with E-state index in [0.29, 0.717) is 19.4 Å². The number of hydrogen-bond acceptors (Lipinski definition) is 4. The number of benzene rings is 1. The Morgan fingerprint density at radius 2 is 2.32 bits per heavy atom. The van der Waals surface area contributed by atoms with E-state index >= 15 is 0 Å². The SMILES string of the molecule is CCC1CC(C#N)(Nc2ccccc2OC)CCO1. The van der Waals surface area contributed by atoms with Crippen molar-refractivity contribution in [3.63, 3.8) is 0 Å². The van der Waals surface area contributed by atoms with E-state index in [1.165, 1.54) is 0 Å². The molecule has 4 nitrogen and oxygen atoms in total. The summed E-state index contributed by atoms with van der Waals surface area (Å²) in [6.45, 7) is 2.70. The number of nitriles is 1. The first-order valence-electron chi connectivity index (χ1n) is 6.67. The van der Waals surface area contributed by atoms with Crippen molar-refractivity contribution in [2.75, 3.05) is 19.0 Å². The number of para-hydroxylation sites is 2. The highest BCUT2D eigenvalue weighted by Gasteiger charge is 2.37. The number of nitrogens with zero attached hydrogens (tertiary/aromatic N) is 1. The van der Waals surface area contributed by atoms with E-state index in [1.54, 1.807) is 7.11 Å². The minimum Gasteiger partial charge on any atom is -0.495 e. The molecule has 0 aromatic heterocycles. The van der Waals surface area contributed by atoms with Crippen LogP contribution in [-0.2, 0) is 4.74 Å². The number of rotatable bonds is 4. The molecule has 1 saturated heterocycles. The Balaban J connectivity index is 2.21. The van der Waals surface area contributed by atoms with E-state index < -0.39 is 5.54 Å². The lowest BCUT2D eigenvalue weighted by Crippen LogP contribution is -2.45. The topological polar surface area (TPSA) is 54.3 Å². The van der Waals surface area contributed by atoms with Crippen molar-refractivity contribution in [3.8, 4) is 11.8 Å². The predicted octanol–water partition coefficient (Wildman–Crippen LogP) is 2.96. The third-order valence-corrected chi connectivity index (χ3v) is 3.61.